The van der Waals surface area contributed by atoms with Gasteiger partial charge in [0.25, 0.3) is 0 Å². The smallest absolute Gasteiger partial charge is 0.331 e. The first kappa shape index (κ1) is 19.5. The summed E-state index contributed by atoms with van der Waals surface area (Å²) in [5.41, 5.74) is -3.94. The Bertz CT molecular complexity index is 1180. The highest BCUT2D eigenvalue weighted by Crippen LogP contribution is 2.94. The van der Waals surface area contributed by atoms with Crippen LogP contribution in [0.4, 0.5) is 0 Å². The van der Waals surface area contributed by atoms with Gasteiger partial charge in [-0.25, -0.2) is 4.79 Å². The van der Waals surface area contributed by atoms with E-state index in [-0.39, 0.29) is 0 Å². The zero-order valence-corrected chi connectivity index (χ0v) is 19.3. The first-order valence-electron chi connectivity index (χ1n) is 11.4. The summed E-state index contributed by atoms with van der Waals surface area (Å²) in [7, 11) is 0. The number of cyclic esters (lactones) is 2. The average molecular weight is 440 g/mol. The molecule has 0 radical (unpaired) electrons. The molecule has 32 heavy (non-hydrogen) atoms. The van der Waals surface area contributed by atoms with E-state index in [9.17, 15) is 14.7 Å². The van der Waals surface area contributed by atoms with E-state index in [0.717, 1.165) is 11.1 Å². The molecule has 3 aliphatic carbocycles. The van der Waals surface area contributed by atoms with E-state index in [0.29, 0.717) is 18.4 Å². The van der Waals surface area contributed by atoms with Gasteiger partial charge < -0.3 is 24.1 Å². The van der Waals surface area contributed by atoms with Crippen molar-refractivity contribution in [3.8, 4) is 0 Å². The normalized spacial score (nSPS) is 59.8. The molecule has 0 aromatic heterocycles. The van der Waals surface area contributed by atoms with Crippen LogP contribution in [0.1, 0.15) is 54.4 Å². The Hall–Kier alpha value is -1.96. The summed E-state index contributed by atoms with van der Waals surface area (Å²) < 4.78 is 25.0. The van der Waals surface area contributed by atoms with Crippen LogP contribution in [0.15, 0.2) is 35.5 Å². The maximum absolute atomic E-state index is 13.9. The van der Waals surface area contributed by atoms with E-state index in [2.05, 4.69) is 19.6 Å². The molecule has 8 atom stereocenters. The maximum atomic E-state index is 13.9. The Morgan fingerprint density at radius 3 is 2.47 bits per heavy atom. The number of carbonyl (C=O) groups excluding carboxylic acids is 2. The largest absolute Gasteiger partial charge is 0.459 e. The van der Waals surface area contributed by atoms with E-state index in [1.54, 1.807) is 6.92 Å². The Morgan fingerprint density at radius 1 is 1.09 bits per heavy atom. The van der Waals surface area contributed by atoms with E-state index < -0.39 is 62.5 Å². The average Bonchev–Trinajstić information content (AvgIpc) is 3.05. The molecule has 0 amide bonds. The number of ether oxygens (including phenoxy) is 4. The van der Waals surface area contributed by atoms with Gasteiger partial charge in [0, 0.05) is 16.9 Å². The first-order valence-corrected chi connectivity index (χ1v) is 11.4. The monoisotopic (exact) mass is 440 g/mol. The number of hydrogen-bond acceptors (Lipinski definition) is 7. The molecule has 1 N–H and O–H groups in total. The first-order chi connectivity index (χ1) is 14.7. The molecule has 4 saturated heterocycles. The van der Waals surface area contributed by atoms with Gasteiger partial charge in [0.1, 0.15) is 17.1 Å². The number of allylic oxidation sites excluding steroid dienone is 1. The van der Waals surface area contributed by atoms with Crippen LogP contribution in [-0.2, 0) is 28.5 Å². The van der Waals surface area contributed by atoms with Gasteiger partial charge in [0.15, 0.2) is 11.4 Å². The molecule has 5 aliphatic heterocycles. The van der Waals surface area contributed by atoms with Gasteiger partial charge in [-0.1, -0.05) is 26.5 Å². The van der Waals surface area contributed by atoms with Crippen molar-refractivity contribution in [3.05, 3.63) is 35.5 Å². The summed E-state index contributed by atoms with van der Waals surface area (Å²) >= 11 is 0. The second-order valence-corrected chi connectivity index (χ2v) is 11.9. The van der Waals surface area contributed by atoms with Crippen LogP contribution in [0.5, 0.6) is 0 Å². The lowest BCUT2D eigenvalue weighted by Gasteiger charge is -2.72. The van der Waals surface area contributed by atoms with Crippen molar-refractivity contribution in [2.75, 3.05) is 0 Å². The summed E-state index contributed by atoms with van der Waals surface area (Å²) in [5.74, 6) is -3.92. The number of esters is 2. The Kier molecular flexibility index (Phi) is 2.68. The van der Waals surface area contributed by atoms with Crippen LogP contribution >= 0.6 is 0 Å². The molecule has 7 heteroatoms. The highest BCUT2D eigenvalue weighted by molar-refractivity contribution is 5.93. The predicted octanol–water partition coefficient (Wildman–Crippen LogP) is 2.69. The minimum Gasteiger partial charge on any atom is -0.459 e. The van der Waals surface area contributed by atoms with Crippen molar-refractivity contribution in [2.24, 2.45) is 21.7 Å². The van der Waals surface area contributed by atoms with E-state index >= 15 is 0 Å². The molecule has 0 aromatic carbocycles. The fraction of sp³-hybridized carbons (Fsp3) is 0.680. The highest BCUT2D eigenvalue weighted by atomic mass is 16.8. The molecule has 0 unspecified atom stereocenters. The minimum absolute atomic E-state index is 0.425. The molecule has 0 aromatic rings. The summed E-state index contributed by atoms with van der Waals surface area (Å²) in [4.78, 5) is 26.7. The third-order valence-corrected chi connectivity index (χ3v) is 10.7. The summed E-state index contributed by atoms with van der Waals surface area (Å²) in [6, 6.07) is 0. The standard InChI is InChI=1S/C25H28O7/c1-12-19(5)11-22-15-10-16(26)30-18(3,4)14(15)8-9-20(22,6)23(12)17(27)29-13(2)24(23)25(19,28)32-21(22,7)31-24/h8,10,13,28H,1,9,11H2,2-7H3/t13-,19+,20+,21-,22+,23+,24-,25+/m0/s1. The van der Waals surface area contributed by atoms with Crippen molar-refractivity contribution in [3.63, 3.8) is 0 Å². The Morgan fingerprint density at radius 2 is 1.78 bits per heavy atom. The van der Waals surface area contributed by atoms with Gasteiger partial charge in [0.05, 0.1) is 5.41 Å². The van der Waals surface area contributed by atoms with E-state index in [1.807, 2.05) is 27.7 Å². The van der Waals surface area contributed by atoms with Crippen molar-refractivity contribution in [1.82, 2.24) is 0 Å². The maximum Gasteiger partial charge on any atom is 0.331 e. The van der Waals surface area contributed by atoms with Crippen molar-refractivity contribution >= 4 is 11.9 Å². The van der Waals surface area contributed by atoms with Crippen molar-refractivity contribution < 1.29 is 33.6 Å². The zero-order chi connectivity index (χ0) is 23.1. The van der Waals surface area contributed by atoms with Crippen LogP contribution in [0, 0.1) is 21.7 Å². The third kappa shape index (κ3) is 1.23. The quantitative estimate of drug-likeness (QED) is 0.457. The lowest BCUT2D eigenvalue weighted by atomic mass is 9.33. The number of rotatable bonds is 0. The predicted molar refractivity (Wildman–Crippen MR) is 110 cm³/mol. The zero-order valence-electron chi connectivity index (χ0n) is 19.3. The summed E-state index contributed by atoms with van der Waals surface area (Å²) in [6.07, 6.45) is 3.85. The fourth-order valence-electron chi connectivity index (χ4n) is 9.63. The second kappa shape index (κ2) is 4.40. The van der Waals surface area contributed by atoms with Gasteiger partial charge in [-0.2, -0.15) is 0 Å². The van der Waals surface area contributed by atoms with Crippen LogP contribution in [-0.4, -0.2) is 45.9 Å². The van der Waals surface area contributed by atoms with Crippen LogP contribution in [0.2, 0.25) is 0 Å². The molecule has 7 nitrogen and oxygen atoms in total. The molecule has 6 bridgehead atoms. The van der Waals surface area contributed by atoms with Crippen molar-refractivity contribution in [1.29, 1.82) is 0 Å². The van der Waals surface area contributed by atoms with Gasteiger partial charge in [-0.15, -0.1) is 0 Å². The minimum atomic E-state index is -1.78. The third-order valence-electron chi connectivity index (χ3n) is 10.7. The molecule has 3 spiro atoms. The second-order valence-electron chi connectivity index (χ2n) is 11.9. The van der Waals surface area contributed by atoms with Crippen LogP contribution in [0.25, 0.3) is 0 Å². The molecule has 170 valence electrons. The highest BCUT2D eigenvalue weighted by Gasteiger charge is 3.05. The van der Waals surface area contributed by atoms with Crippen molar-refractivity contribution in [2.45, 2.75) is 83.3 Å². The molecular formula is C25H28O7. The SMILES string of the molecule is C=C1[C@]23C(=O)O[C@@H](C)[C@]24O[C@@]2(C)O[C@]4(O)[C@]1(C)C[C@]21C2=CC(=O)OC(C)(C)C2=CC[C@]13C. The Labute approximate surface area is 186 Å². The fourth-order valence-corrected chi connectivity index (χ4v) is 9.63. The lowest BCUT2D eigenvalue weighted by Crippen LogP contribution is -2.77. The van der Waals surface area contributed by atoms with Gasteiger partial charge >= 0.3 is 11.9 Å². The van der Waals surface area contributed by atoms with Gasteiger partial charge in [0.2, 0.25) is 5.79 Å². The summed E-state index contributed by atoms with van der Waals surface area (Å²) in [5, 5.41) is 12.3. The topological polar surface area (TPSA) is 91.3 Å². The van der Waals surface area contributed by atoms with Crippen LogP contribution < -0.4 is 0 Å². The molecule has 6 fully saturated rings. The van der Waals surface area contributed by atoms with E-state index in [4.69, 9.17) is 18.9 Å². The Balaban J connectivity index is 1.68. The molecule has 8 aliphatic rings. The van der Waals surface area contributed by atoms with Crippen LogP contribution in [0.3, 0.4) is 0 Å². The van der Waals surface area contributed by atoms with Gasteiger partial charge in [-0.05, 0) is 57.3 Å². The molecule has 2 saturated carbocycles. The summed E-state index contributed by atoms with van der Waals surface area (Å²) in [6.45, 7) is 15.8. The molecule has 5 heterocycles. The molecular weight excluding hydrogens is 412 g/mol. The van der Waals surface area contributed by atoms with Gasteiger partial charge in [-0.3, -0.25) is 4.79 Å². The number of carbonyl (C=O) groups is 2. The number of fused-ring (bicyclic) bond motifs is 1. The number of aliphatic hydroxyl groups is 1. The lowest BCUT2D eigenvalue weighted by molar-refractivity contribution is -0.382. The van der Waals surface area contributed by atoms with E-state index in [1.165, 1.54) is 6.08 Å². The number of hydrogen-bond donors (Lipinski definition) is 1. The molecule has 8 rings (SSSR count).